The van der Waals surface area contributed by atoms with Crippen LogP contribution in [0.1, 0.15) is 0 Å². The Hall–Kier alpha value is -1.22. The van der Waals surface area contributed by atoms with Crippen LogP contribution in [0.15, 0.2) is 5.11 Å². The second kappa shape index (κ2) is 2.99. The topological polar surface area (TPSA) is 93.4 Å². The minimum absolute atomic E-state index is 0.191. The van der Waals surface area contributed by atoms with Gasteiger partial charge in [-0.25, -0.2) is 0 Å². The normalized spacial score (nSPS) is 6.86. The number of amides is 1. The van der Waals surface area contributed by atoms with Crippen LogP contribution < -0.4 is 10.6 Å². The minimum Gasteiger partial charge on any atom is -0.368 e. The van der Waals surface area contributed by atoms with Crippen molar-refractivity contribution in [3.63, 3.8) is 0 Å². The van der Waals surface area contributed by atoms with E-state index in [1.54, 1.807) is 0 Å². The van der Waals surface area contributed by atoms with Crippen LogP contribution in [0.4, 0.5) is 0 Å². The van der Waals surface area contributed by atoms with Gasteiger partial charge in [0.1, 0.15) is 10.6 Å². The highest BCUT2D eigenvalue weighted by Gasteiger charge is 1.91. The van der Waals surface area contributed by atoms with Crippen LogP contribution >= 0.6 is 0 Å². The molecule has 0 aromatic heterocycles. The van der Waals surface area contributed by atoms with Crippen LogP contribution in [0.5, 0.6) is 0 Å². The number of rotatable bonds is 2. The van der Waals surface area contributed by atoms with Crippen LogP contribution in [-0.4, -0.2) is 12.5 Å². The Labute approximate surface area is 39.7 Å². The second-order valence-electron chi connectivity index (χ2n) is 0.866. The van der Waals surface area contributed by atoms with E-state index in [1.165, 1.54) is 0 Å². The molecule has 3 N–H and O–H groups in total. The van der Waals surface area contributed by atoms with E-state index >= 15 is 0 Å². The van der Waals surface area contributed by atoms with Gasteiger partial charge in [-0.3, -0.25) is 4.79 Å². The Morgan fingerprint density at radius 3 is 2.71 bits per heavy atom. The van der Waals surface area contributed by atoms with E-state index in [4.69, 9.17) is 5.53 Å². The largest absolute Gasteiger partial charge is 0.368 e. The predicted molar refractivity (Wildman–Crippen MR) is 21.3 cm³/mol. The fourth-order valence-corrected chi connectivity index (χ4v) is 0.105. The molecule has 0 aromatic carbocycles. The summed E-state index contributed by atoms with van der Waals surface area (Å²) in [6, 6.07) is 0. The Morgan fingerprint density at radius 2 is 2.57 bits per heavy atom. The second-order valence-corrected chi connectivity index (χ2v) is 0.866. The van der Waals surface area contributed by atoms with Crippen molar-refractivity contribution in [2.45, 2.75) is 0 Å². The van der Waals surface area contributed by atoms with Crippen LogP contribution in [0.25, 0.3) is 0 Å². The van der Waals surface area contributed by atoms with E-state index in [1.807, 2.05) is 0 Å². The Balaban J connectivity index is 3.32. The zero-order valence-corrected chi connectivity index (χ0v) is 3.59. The lowest BCUT2D eigenvalue weighted by atomic mass is 10.7. The third-order valence-electron chi connectivity index (χ3n) is 0.297. The molecular formula is C2H5N4O+. The van der Waals surface area contributed by atoms with E-state index in [0.717, 1.165) is 0 Å². The molecule has 0 aliphatic rings. The van der Waals surface area contributed by atoms with E-state index in [0.29, 0.717) is 0 Å². The molecule has 5 nitrogen and oxygen atoms in total. The van der Waals surface area contributed by atoms with Crippen molar-refractivity contribution in [2.75, 3.05) is 6.54 Å². The maximum atomic E-state index is 9.74. The van der Waals surface area contributed by atoms with Gasteiger partial charge in [-0.05, 0) is 0 Å². The summed E-state index contributed by atoms with van der Waals surface area (Å²) in [7, 11) is 0. The molecule has 0 radical (unpaired) electrons. The molecule has 0 saturated heterocycles. The summed E-state index contributed by atoms with van der Waals surface area (Å²) < 4.78 is 0. The Morgan fingerprint density at radius 1 is 2.00 bits per heavy atom. The summed E-state index contributed by atoms with van der Waals surface area (Å²) in [6.45, 7) is -0.191. The highest BCUT2D eigenvalue weighted by atomic mass is 16.1. The number of hydrogen-bond donors (Lipinski definition) is 2. The number of nitrogens with two attached hydrogens (primary N) is 1. The minimum atomic E-state index is -0.573. The molecule has 0 spiro atoms. The number of nitrogens with one attached hydrogen (secondary N) is 1. The molecule has 0 saturated carbocycles. The van der Waals surface area contributed by atoms with Gasteiger partial charge < -0.3 is 5.73 Å². The third-order valence-corrected chi connectivity index (χ3v) is 0.297. The number of carbonyl (C=O) groups is 1. The van der Waals surface area contributed by atoms with Gasteiger partial charge in [-0.15, -0.1) is 0 Å². The lowest BCUT2D eigenvalue weighted by Gasteiger charge is -1.68. The fraction of sp³-hybridized carbons (Fsp3) is 0.500. The highest BCUT2D eigenvalue weighted by molar-refractivity contribution is 5.75. The third kappa shape index (κ3) is 4.78. The lowest BCUT2D eigenvalue weighted by Crippen LogP contribution is -2.13. The first-order valence-corrected chi connectivity index (χ1v) is 1.59. The van der Waals surface area contributed by atoms with Gasteiger partial charge in [0.25, 0.3) is 0 Å². The summed E-state index contributed by atoms with van der Waals surface area (Å²) in [5.74, 6) is -0.573. The molecule has 0 unspecified atom stereocenters. The van der Waals surface area contributed by atoms with Crippen molar-refractivity contribution < 1.29 is 4.79 Å². The van der Waals surface area contributed by atoms with Gasteiger partial charge in [-0.1, -0.05) is 0 Å². The summed E-state index contributed by atoms with van der Waals surface area (Å²) in [6.07, 6.45) is 0. The summed E-state index contributed by atoms with van der Waals surface area (Å²) in [5.41, 5.74) is 10.6. The van der Waals surface area contributed by atoms with E-state index in [2.05, 4.69) is 15.8 Å². The average molecular weight is 101 g/mol. The molecule has 1 amide bonds. The maximum Gasteiger partial charge on any atom is 0.246 e. The maximum absolute atomic E-state index is 9.74. The molecular weight excluding hydrogens is 96.0 g/mol. The van der Waals surface area contributed by atoms with Crippen molar-refractivity contribution in [3.8, 4) is 0 Å². The first-order valence-electron chi connectivity index (χ1n) is 1.59. The molecule has 0 bridgehead atoms. The molecule has 0 aliphatic heterocycles. The van der Waals surface area contributed by atoms with Crippen LogP contribution in [0.3, 0.4) is 0 Å². The van der Waals surface area contributed by atoms with Crippen LogP contribution in [0, 0.1) is 5.53 Å². The Bertz CT molecular complexity index is 113. The van der Waals surface area contributed by atoms with Gasteiger partial charge in [0, 0.05) is 0 Å². The molecule has 0 atom stereocenters. The smallest absolute Gasteiger partial charge is 0.246 e. The molecule has 0 rings (SSSR count). The van der Waals surface area contributed by atoms with Crippen molar-refractivity contribution in [2.24, 2.45) is 10.8 Å². The van der Waals surface area contributed by atoms with Crippen molar-refractivity contribution in [3.05, 3.63) is 0 Å². The number of hydrogen-bond acceptors (Lipinski definition) is 3. The van der Waals surface area contributed by atoms with Gasteiger partial charge in [0.15, 0.2) is 0 Å². The number of carbonyl (C=O) groups excluding carboxylic acids is 1. The Kier molecular flexibility index (Phi) is 2.47. The van der Waals surface area contributed by atoms with Gasteiger partial charge in [0.2, 0.25) is 17.4 Å². The quantitative estimate of drug-likeness (QED) is 0.339. The molecule has 7 heavy (non-hydrogen) atoms. The molecule has 0 aliphatic carbocycles. The monoisotopic (exact) mass is 101 g/mol. The van der Waals surface area contributed by atoms with Gasteiger partial charge in [0.05, 0.1) is 0 Å². The van der Waals surface area contributed by atoms with E-state index < -0.39 is 5.91 Å². The number of nitrogens with zero attached hydrogens (tertiary/aromatic N) is 2. The van der Waals surface area contributed by atoms with Gasteiger partial charge in [-0.2, -0.15) is 0 Å². The standard InChI is InChI=1S/C2H4N4O/c3-2(7)1-5-6-4/h4H,1H2,(H-,3,7)/p+1. The molecule has 5 heteroatoms. The first kappa shape index (κ1) is 5.78. The SMILES string of the molecule is N=[N+]=NCC(N)=O. The predicted octanol–water partition coefficient (Wildman–Crippen LogP) is -0.978. The van der Waals surface area contributed by atoms with E-state index in [9.17, 15) is 4.79 Å². The molecule has 0 aromatic rings. The first-order chi connectivity index (χ1) is 3.27. The van der Waals surface area contributed by atoms with Crippen molar-refractivity contribution >= 4 is 5.91 Å². The molecule has 38 valence electrons. The summed E-state index contributed by atoms with van der Waals surface area (Å²) in [5, 5.41) is 2.99. The summed E-state index contributed by atoms with van der Waals surface area (Å²) >= 11 is 0. The van der Waals surface area contributed by atoms with Gasteiger partial charge >= 0.3 is 0 Å². The lowest BCUT2D eigenvalue weighted by molar-refractivity contribution is -0.116. The average Bonchev–Trinajstić information content (AvgIpc) is 1.61. The molecule has 0 heterocycles. The van der Waals surface area contributed by atoms with Crippen LogP contribution in [-0.2, 0) is 4.79 Å². The van der Waals surface area contributed by atoms with Crippen LogP contribution in [0.2, 0.25) is 0 Å². The van der Waals surface area contributed by atoms with Crippen molar-refractivity contribution in [1.29, 1.82) is 5.53 Å². The van der Waals surface area contributed by atoms with Crippen molar-refractivity contribution in [1.82, 2.24) is 4.91 Å². The summed E-state index contributed by atoms with van der Waals surface area (Å²) in [4.78, 5) is 12.3. The highest BCUT2D eigenvalue weighted by Crippen LogP contribution is 1.57. The zero-order valence-electron chi connectivity index (χ0n) is 3.59. The fourth-order valence-electron chi connectivity index (χ4n) is 0.105. The molecule has 0 fully saturated rings. The number of primary amides is 1. The van der Waals surface area contributed by atoms with E-state index in [-0.39, 0.29) is 6.54 Å². The zero-order chi connectivity index (χ0) is 5.70.